The number of phenols is 1. The summed E-state index contributed by atoms with van der Waals surface area (Å²) in [5.41, 5.74) is 0.393. The molecule has 0 bridgehead atoms. The topological polar surface area (TPSA) is 76.0 Å². The number of hydrogen-bond acceptors (Lipinski definition) is 4. The van der Waals surface area contributed by atoms with Crippen molar-refractivity contribution >= 4 is 5.97 Å². The van der Waals surface area contributed by atoms with Crippen LogP contribution in [0, 0.1) is 0 Å². The lowest BCUT2D eigenvalue weighted by atomic mass is 10.0. The van der Waals surface area contributed by atoms with Crippen molar-refractivity contribution in [3.63, 3.8) is 0 Å². The van der Waals surface area contributed by atoms with Gasteiger partial charge < -0.3 is 19.7 Å². The molecule has 1 aromatic carbocycles. The Kier molecular flexibility index (Phi) is 3.98. The Hall–Kier alpha value is -2.17. The Bertz CT molecular complexity index is 451. The quantitative estimate of drug-likeness (QED) is 0.765. The molecule has 0 aliphatic rings. The normalized spacial score (nSPS) is 9.76. The molecule has 0 saturated heterocycles. The zero-order valence-electron chi connectivity index (χ0n) is 9.69. The highest BCUT2D eigenvalue weighted by molar-refractivity contribution is 5.92. The third kappa shape index (κ3) is 2.33. The first-order valence-corrected chi connectivity index (χ1v) is 4.87. The van der Waals surface area contributed by atoms with Gasteiger partial charge in [-0.1, -0.05) is 6.08 Å². The van der Waals surface area contributed by atoms with Gasteiger partial charge in [0.15, 0.2) is 11.5 Å². The molecule has 5 nitrogen and oxygen atoms in total. The lowest BCUT2D eigenvalue weighted by Gasteiger charge is -2.14. The molecule has 0 heterocycles. The lowest BCUT2D eigenvalue weighted by Crippen LogP contribution is -2.05. The zero-order chi connectivity index (χ0) is 13.0. The summed E-state index contributed by atoms with van der Waals surface area (Å²) in [7, 11) is 2.69. The minimum atomic E-state index is -1.11. The molecule has 2 N–H and O–H groups in total. The lowest BCUT2D eigenvalue weighted by molar-refractivity contribution is 0.0695. The van der Waals surface area contributed by atoms with Crippen LogP contribution < -0.4 is 9.47 Å². The minimum Gasteiger partial charge on any atom is -0.502 e. The molecule has 0 amide bonds. The second-order valence-electron chi connectivity index (χ2n) is 3.28. The molecule has 92 valence electrons. The molecule has 0 unspecified atom stereocenters. The average Bonchev–Trinajstić information content (AvgIpc) is 2.29. The predicted octanol–water partition coefficient (Wildman–Crippen LogP) is 1.84. The Morgan fingerprint density at radius 2 is 2.12 bits per heavy atom. The molecule has 0 saturated carbocycles. The van der Waals surface area contributed by atoms with Gasteiger partial charge in [-0.05, 0) is 12.5 Å². The summed E-state index contributed by atoms with van der Waals surface area (Å²) in [5.74, 6) is -1.16. The van der Waals surface area contributed by atoms with Gasteiger partial charge in [-0.25, -0.2) is 4.79 Å². The Morgan fingerprint density at radius 1 is 1.47 bits per heavy atom. The van der Waals surface area contributed by atoms with E-state index in [2.05, 4.69) is 6.58 Å². The van der Waals surface area contributed by atoms with Crippen LogP contribution in [0.3, 0.4) is 0 Å². The maximum Gasteiger partial charge on any atom is 0.336 e. The Balaban J connectivity index is 3.57. The Morgan fingerprint density at radius 3 is 2.53 bits per heavy atom. The van der Waals surface area contributed by atoms with E-state index in [0.29, 0.717) is 5.56 Å². The van der Waals surface area contributed by atoms with Crippen LogP contribution >= 0.6 is 0 Å². The summed E-state index contributed by atoms with van der Waals surface area (Å²) in [6.45, 7) is 3.54. The standard InChI is InChI=1S/C12H14O5/c1-4-5-7-8(12(14)15)6-9(16-2)10(13)11(7)17-3/h4,6,13H,1,5H2,2-3H3,(H,14,15). The van der Waals surface area contributed by atoms with Gasteiger partial charge >= 0.3 is 5.97 Å². The van der Waals surface area contributed by atoms with Crippen molar-refractivity contribution in [2.24, 2.45) is 0 Å². The zero-order valence-corrected chi connectivity index (χ0v) is 9.69. The summed E-state index contributed by atoms with van der Waals surface area (Å²) in [6.07, 6.45) is 1.82. The maximum atomic E-state index is 11.1. The van der Waals surface area contributed by atoms with E-state index in [9.17, 15) is 9.90 Å². The maximum absolute atomic E-state index is 11.1. The van der Waals surface area contributed by atoms with Gasteiger partial charge in [0.05, 0.1) is 19.8 Å². The van der Waals surface area contributed by atoms with E-state index in [1.54, 1.807) is 0 Å². The second-order valence-corrected chi connectivity index (χ2v) is 3.28. The number of carbonyl (C=O) groups is 1. The van der Waals surface area contributed by atoms with E-state index < -0.39 is 5.97 Å². The fourth-order valence-electron chi connectivity index (χ4n) is 1.58. The molecule has 0 spiro atoms. The third-order valence-electron chi connectivity index (χ3n) is 2.33. The smallest absolute Gasteiger partial charge is 0.336 e. The van der Waals surface area contributed by atoms with E-state index in [0.717, 1.165) is 0 Å². The number of methoxy groups -OCH3 is 2. The molecular weight excluding hydrogens is 224 g/mol. The van der Waals surface area contributed by atoms with Crippen molar-refractivity contribution in [1.29, 1.82) is 0 Å². The average molecular weight is 238 g/mol. The fraction of sp³-hybridized carbons (Fsp3) is 0.250. The first-order valence-electron chi connectivity index (χ1n) is 4.87. The first kappa shape index (κ1) is 12.9. The van der Waals surface area contributed by atoms with Gasteiger partial charge in [-0.3, -0.25) is 0 Å². The molecule has 1 rings (SSSR count). The molecule has 0 atom stereocenters. The van der Waals surface area contributed by atoms with Crippen LogP contribution in [0.1, 0.15) is 15.9 Å². The van der Waals surface area contributed by atoms with Crippen molar-refractivity contribution < 1.29 is 24.5 Å². The Labute approximate surface area is 98.9 Å². The number of benzene rings is 1. The van der Waals surface area contributed by atoms with E-state index >= 15 is 0 Å². The van der Waals surface area contributed by atoms with Gasteiger partial charge in [0, 0.05) is 5.56 Å². The second kappa shape index (κ2) is 5.25. The SMILES string of the molecule is C=CCc1c(C(=O)O)cc(OC)c(O)c1OC. The van der Waals surface area contributed by atoms with Crippen molar-refractivity contribution in [2.75, 3.05) is 14.2 Å². The summed E-state index contributed by atoms with van der Waals surface area (Å²) in [5, 5.41) is 18.9. The molecule has 0 aromatic heterocycles. The molecular formula is C12H14O5. The number of aromatic carboxylic acids is 1. The van der Waals surface area contributed by atoms with Gasteiger partial charge in [-0.2, -0.15) is 0 Å². The summed E-state index contributed by atoms with van der Waals surface area (Å²) in [4.78, 5) is 11.1. The molecule has 0 aliphatic heterocycles. The van der Waals surface area contributed by atoms with Crippen LogP contribution in [0.5, 0.6) is 17.2 Å². The number of hydrogen-bond donors (Lipinski definition) is 2. The minimum absolute atomic E-state index is 0.0244. The highest BCUT2D eigenvalue weighted by atomic mass is 16.5. The number of carboxylic acid groups (broad SMARTS) is 1. The number of carboxylic acids is 1. The molecule has 0 fully saturated rings. The highest BCUT2D eigenvalue weighted by Gasteiger charge is 2.21. The molecule has 5 heteroatoms. The van der Waals surface area contributed by atoms with Gasteiger partial charge in [0.2, 0.25) is 5.75 Å². The van der Waals surface area contributed by atoms with Crippen molar-refractivity contribution in [1.82, 2.24) is 0 Å². The highest BCUT2D eigenvalue weighted by Crippen LogP contribution is 2.41. The molecule has 0 aliphatic carbocycles. The largest absolute Gasteiger partial charge is 0.502 e. The van der Waals surface area contributed by atoms with Crippen molar-refractivity contribution in [3.05, 3.63) is 29.8 Å². The van der Waals surface area contributed by atoms with Crippen LogP contribution in [-0.2, 0) is 6.42 Å². The van der Waals surface area contributed by atoms with Crippen molar-refractivity contribution in [3.8, 4) is 17.2 Å². The van der Waals surface area contributed by atoms with Gasteiger partial charge in [0.25, 0.3) is 0 Å². The van der Waals surface area contributed by atoms with Crippen molar-refractivity contribution in [2.45, 2.75) is 6.42 Å². The number of phenolic OH excluding ortho intramolecular Hbond substituents is 1. The number of allylic oxidation sites excluding steroid dienone is 1. The van der Waals surface area contributed by atoms with E-state index in [-0.39, 0.29) is 29.2 Å². The molecule has 17 heavy (non-hydrogen) atoms. The molecule has 0 radical (unpaired) electrons. The predicted molar refractivity (Wildman–Crippen MR) is 62.1 cm³/mol. The first-order chi connectivity index (χ1) is 8.06. The summed E-state index contributed by atoms with van der Waals surface area (Å²) in [6, 6.07) is 1.26. The fourth-order valence-corrected chi connectivity index (χ4v) is 1.58. The van der Waals surface area contributed by atoms with Gasteiger partial charge in [0.1, 0.15) is 0 Å². The number of rotatable bonds is 5. The van der Waals surface area contributed by atoms with Crippen LogP contribution in [0.15, 0.2) is 18.7 Å². The number of aromatic hydroxyl groups is 1. The van der Waals surface area contributed by atoms with Crippen LogP contribution in [0.4, 0.5) is 0 Å². The van der Waals surface area contributed by atoms with E-state index in [1.807, 2.05) is 0 Å². The monoisotopic (exact) mass is 238 g/mol. The molecule has 1 aromatic rings. The van der Waals surface area contributed by atoms with Crippen LogP contribution in [0.25, 0.3) is 0 Å². The third-order valence-corrected chi connectivity index (χ3v) is 2.33. The van der Waals surface area contributed by atoms with Crippen LogP contribution in [0.2, 0.25) is 0 Å². The van der Waals surface area contributed by atoms with E-state index in [4.69, 9.17) is 14.6 Å². The number of ether oxygens (including phenoxy) is 2. The summed E-state index contributed by atoms with van der Waals surface area (Å²) < 4.78 is 9.91. The summed E-state index contributed by atoms with van der Waals surface area (Å²) >= 11 is 0. The van der Waals surface area contributed by atoms with E-state index in [1.165, 1.54) is 26.4 Å². The van der Waals surface area contributed by atoms with Crippen LogP contribution in [-0.4, -0.2) is 30.4 Å². The van der Waals surface area contributed by atoms with Gasteiger partial charge in [-0.15, -0.1) is 6.58 Å².